The average molecular weight is 364 g/mol. The lowest BCUT2D eigenvalue weighted by atomic mass is 10.1. The van der Waals surface area contributed by atoms with E-state index in [9.17, 15) is 14.9 Å². The van der Waals surface area contributed by atoms with Gasteiger partial charge in [0.15, 0.2) is 0 Å². The fourth-order valence-corrected chi connectivity index (χ4v) is 4.51. The summed E-state index contributed by atoms with van der Waals surface area (Å²) < 4.78 is 0. The molecule has 2 aliphatic rings. The summed E-state index contributed by atoms with van der Waals surface area (Å²) in [4.78, 5) is 29.5. The van der Waals surface area contributed by atoms with Crippen molar-refractivity contribution in [3.63, 3.8) is 0 Å². The van der Waals surface area contributed by atoms with E-state index in [0.717, 1.165) is 44.7 Å². The van der Waals surface area contributed by atoms with Crippen LogP contribution in [-0.4, -0.2) is 77.6 Å². The quantitative estimate of drug-likeness (QED) is 0.566. The third kappa shape index (κ3) is 4.50. The number of hydrogen-bond acceptors (Lipinski definition) is 6. The summed E-state index contributed by atoms with van der Waals surface area (Å²) in [6, 6.07) is 6.64. The van der Waals surface area contributed by atoms with E-state index in [1.165, 1.54) is 6.07 Å². The number of hydrogen-bond donors (Lipinski definition) is 0. The third-order valence-electron chi connectivity index (χ3n) is 4.80. The van der Waals surface area contributed by atoms with E-state index in [-0.39, 0.29) is 21.9 Å². The molecule has 1 aromatic rings. The molecule has 3 rings (SSSR count). The van der Waals surface area contributed by atoms with Crippen molar-refractivity contribution in [1.82, 2.24) is 14.7 Å². The number of nitro groups is 1. The van der Waals surface area contributed by atoms with Crippen LogP contribution in [0.1, 0.15) is 17.4 Å². The Labute approximate surface area is 152 Å². The van der Waals surface area contributed by atoms with Crippen molar-refractivity contribution in [3.8, 4) is 0 Å². The molecule has 0 bridgehead atoms. The zero-order valence-corrected chi connectivity index (χ0v) is 15.3. The fraction of sp³-hybridized carbons (Fsp3) is 0.588. The normalized spacial score (nSPS) is 22.5. The Kier molecular flexibility index (Phi) is 5.93. The topological polar surface area (TPSA) is 69.9 Å². The second-order valence-corrected chi connectivity index (χ2v) is 7.67. The van der Waals surface area contributed by atoms with Crippen LogP contribution in [0.15, 0.2) is 24.3 Å². The first-order valence-electron chi connectivity index (χ1n) is 8.61. The molecule has 1 atom stereocenters. The average Bonchev–Trinajstić information content (AvgIpc) is 2.98. The fourth-order valence-electron chi connectivity index (χ4n) is 3.30. The molecule has 0 aromatic heterocycles. The lowest BCUT2D eigenvalue weighted by Gasteiger charge is -2.33. The molecular formula is C17H24N4O3S. The molecule has 7 nitrogen and oxygen atoms in total. The molecule has 1 amide bonds. The Morgan fingerprint density at radius 3 is 2.72 bits per heavy atom. The van der Waals surface area contributed by atoms with Crippen LogP contribution in [0.5, 0.6) is 0 Å². The van der Waals surface area contributed by atoms with E-state index < -0.39 is 0 Å². The molecule has 8 heteroatoms. The number of nitro benzene ring substituents is 1. The summed E-state index contributed by atoms with van der Waals surface area (Å²) in [7, 11) is 2.14. The van der Waals surface area contributed by atoms with Crippen molar-refractivity contribution in [1.29, 1.82) is 0 Å². The second-order valence-electron chi connectivity index (χ2n) is 6.60. The van der Waals surface area contributed by atoms with Crippen LogP contribution in [0.4, 0.5) is 5.69 Å². The van der Waals surface area contributed by atoms with Crippen molar-refractivity contribution in [2.45, 2.75) is 11.8 Å². The number of carbonyl (C=O) groups is 1. The van der Waals surface area contributed by atoms with Crippen LogP contribution in [0.2, 0.25) is 0 Å². The van der Waals surface area contributed by atoms with Crippen molar-refractivity contribution in [2.75, 3.05) is 52.1 Å². The van der Waals surface area contributed by atoms with Gasteiger partial charge in [-0.15, -0.1) is 11.8 Å². The van der Waals surface area contributed by atoms with Crippen LogP contribution in [-0.2, 0) is 4.79 Å². The maximum Gasteiger partial charge on any atom is 0.269 e. The number of nitrogens with zero attached hydrogens (tertiary/aromatic N) is 4. The second kappa shape index (κ2) is 8.16. The molecule has 0 radical (unpaired) electrons. The van der Waals surface area contributed by atoms with E-state index >= 15 is 0 Å². The van der Waals surface area contributed by atoms with Gasteiger partial charge in [-0.2, -0.15) is 0 Å². The summed E-state index contributed by atoms with van der Waals surface area (Å²) in [5, 5.41) is 10.9. The van der Waals surface area contributed by atoms with Gasteiger partial charge in [-0.1, -0.05) is 12.1 Å². The van der Waals surface area contributed by atoms with E-state index in [1.54, 1.807) is 23.9 Å². The summed E-state index contributed by atoms with van der Waals surface area (Å²) in [5.41, 5.74) is 0.916. The highest BCUT2D eigenvalue weighted by Gasteiger charge is 2.33. The van der Waals surface area contributed by atoms with Crippen LogP contribution < -0.4 is 0 Å². The van der Waals surface area contributed by atoms with Gasteiger partial charge in [0.05, 0.1) is 10.7 Å². The molecule has 0 saturated carbocycles. The van der Waals surface area contributed by atoms with Crippen molar-refractivity contribution < 1.29 is 9.72 Å². The molecule has 2 saturated heterocycles. The van der Waals surface area contributed by atoms with Crippen molar-refractivity contribution in [3.05, 3.63) is 39.9 Å². The lowest BCUT2D eigenvalue weighted by Crippen LogP contribution is -2.45. The first-order valence-corrected chi connectivity index (χ1v) is 9.66. The van der Waals surface area contributed by atoms with Crippen molar-refractivity contribution in [2.24, 2.45) is 0 Å². The number of benzene rings is 1. The molecule has 2 fully saturated rings. The first-order chi connectivity index (χ1) is 12.0. The summed E-state index contributed by atoms with van der Waals surface area (Å²) in [6.07, 6.45) is 0.932. The van der Waals surface area contributed by atoms with Gasteiger partial charge in [0.2, 0.25) is 5.91 Å². The number of rotatable bonds is 6. The van der Waals surface area contributed by atoms with Gasteiger partial charge in [0, 0.05) is 44.9 Å². The third-order valence-corrected chi connectivity index (χ3v) is 6.06. The highest BCUT2D eigenvalue weighted by molar-refractivity contribution is 8.00. The molecule has 0 aliphatic carbocycles. The monoisotopic (exact) mass is 364 g/mol. The minimum Gasteiger partial charge on any atom is -0.326 e. The van der Waals surface area contributed by atoms with Crippen molar-refractivity contribution >= 4 is 23.4 Å². The predicted octanol–water partition coefficient (Wildman–Crippen LogP) is 1.81. The lowest BCUT2D eigenvalue weighted by molar-refractivity contribution is -0.384. The maximum atomic E-state index is 12.3. The van der Waals surface area contributed by atoms with Crippen LogP contribution in [0, 0.1) is 10.1 Å². The minimum atomic E-state index is -0.386. The summed E-state index contributed by atoms with van der Waals surface area (Å²) in [6.45, 7) is 6.03. The number of amides is 1. The predicted molar refractivity (Wildman–Crippen MR) is 98.6 cm³/mol. The van der Waals surface area contributed by atoms with Gasteiger partial charge >= 0.3 is 0 Å². The molecule has 0 unspecified atom stereocenters. The molecule has 1 aromatic carbocycles. The van der Waals surface area contributed by atoms with E-state index in [4.69, 9.17) is 0 Å². The van der Waals surface area contributed by atoms with Crippen LogP contribution in [0.25, 0.3) is 0 Å². The molecule has 0 spiro atoms. The molecule has 136 valence electrons. The van der Waals surface area contributed by atoms with Gasteiger partial charge in [0.1, 0.15) is 5.37 Å². The standard InChI is InChI=1S/C17H24N4O3S/c1-18-8-10-19(11-9-18)6-3-7-20-16(22)13-25-17(20)14-4-2-5-15(12-14)21(23)24/h2,4-5,12,17H,3,6-11,13H2,1H3/t17-/m0/s1. The number of carbonyl (C=O) groups excluding carboxylic acids is 1. The van der Waals surface area contributed by atoms with E-state index in [1.807, 2.05) is 11.0 Å². The zero-order chi connectivity index (χ0) is 17.8. The summed E-state index contributed by atoms with van der Waals surface area (Å²) >= 11 is 1.55. The highest BCUT2D eigenvalue weighted by atomic mass is 32.2. The van der Waals surface area contributed by atoms with E-state index in [2.05, 4.69) is 16.8 Å². The largest absolute Gasteiger partial charge is 0.326 e. The van der Waals surface area contributed by atoms with Gasteiger partial charge in [-0.25, -0.2) is 0 Å². The number of thioether (sulfide) groups is 1. The first kappa shape index (κ1) is 18.2. The molecule has 2 aliphatic heterocycles. The summed E-state index contributed by atoms with van der Waals surface area (Å²) in [5.74, 6) is 0.571. The smallest absolute Gasteiger partial charge is 0.269 e. The molecule has 25 heavy (non-hydrogen) atoms. The maximum absolute atomic E-state index is 12.3. The molecule has 2 heterocycles. The minimum absolute atomic E-state index is 0.0786. The van der Waals surface area contributed by atoms with Gasteiger partial charge in [-0.05, 0) is 25.6 Å². The van der Waals surface area contributed by atoms with Gasteiger partial charge in [0.25, 0.3) is 5.69 Å². The Balaban J connectivity index is 1.58. The Morgan fingerprint density at radius 2 is 2.00 bits per heavy atom. The Morgan fingerprint density at radius 1 is 1.24 bits per heavy atom. The van der Waals surface area contributed by atoms with Gasteiger partial charge < -0.3 is 14.7 Å². The molecular weight excluding hydrogens is 340 g/mol. The highest BCUT2D eigenvalue weighted by Crippen LogP contribution is 2.39. The Hall–Kier alpha value is -1.64. The van der Waals surface area contributed by atoms with Crippen LogP contribution >= 0.6 is 11.8 Å². The SMILES string of the molecule is CN1CCN(CCCN2C(=O)CS[C@H]2c2cccc([N+](=O)[O-])c2)CC1. The Bertz CT molecular complexity index is 634. The number of non-ortho nitro benzene ring substituents is 1. The van der Waals surface area contributed by atoms with Gasteiger partial charge in [-0.3, -0.25) is 14.9 Å². The number of piperazine rings is 1. The van der Waals surface area contributed by atoms with E-state index in [0.29, 0.717) is 12.3 Å². The number of likely N-dealkylation sites (N-methyl/N-ethyl adjacent to an activating group) is 1. The van der Waals surface area contributed by atoms with Crippen LogP contribution in [0.3, 0.4) is 0 Å². The zero-order valence-electron chi connectivity index (χ0n) is 14.5. The molecule has 0 N–H and O–H groups in total.